The van der Waals surface area contributed by atoms with Crippen LogP contribution in [-0.2, 0) is 4.79 Å². The number of aryl methyl sites for hydroxylation is 1. The Bertz CT molecular complexity index is 554. The lowest BCUT2D eigenvalue weighted by molar-refractivity contribution is -0.132. The van der Waals surface area contributed by atoms with Crippen molar-refractivity contribution in [1.29, 1.82) is 0 Å². The summed E-state index contributed by atoms with van der Waals surface area (Å²) in [5.74, 6) is 0.983. The highest BCUT2D eigenvalue weighted by Gasteiger charge is 2.23. The molecular formula is C18H27N3O3. The molecule has 1 saturated heterocycles. The quantitative estimate of drug-likeness (QED) is 0.810. The Morgan fingerprint density at radius 3 is 2.54 bits per heavy atom. The number of amides is 3. The number of piperazine rings is 1. The maximum absolute atomic E-state index is 12.2. The van der Waals surface area contributed by atoms with Gasteiger partial charge in [0.2, 0.25) is 5.91 Å². The van der Waals surface area contributed by atoms with Crippen LogP contribution >= 0.6 is 0 Å². The molecule has 1 N–H and O–H groups in total. The third-order valence-electron chi connectivity index (χ3n) is 4.04. The molecule has 0 bridgehead atoms. The summed E-state index contributed by atoms with van der Waals surface area (Å²) in [6.07, 6.45) is 1.18. The lowest BCUT2D eigenvalue weighted by Gasteiger charge is -2.34. The van der Waals surface area contributed by atoms with Crippen molar-refractivity contribution in [2.75, 3.05) is 39.3 Å². The monoisotopic (exact) mass is 333 g/mol. The van der Waals surface area contributed by atoms with E-state index in [1.807, 2.05) is 43.0 Å². The number of nitrogens with one attached hydrogen (secondary N) is 1. The fraction of sp³-hybridized carbons (Fsp3) is 0.556. The molecule has 2 rings (SSSR count). The Kier molecular flexibility index (Phi) is 6.90. The second kappa shape index (κ2) is 9.15. The first kappa shape index (κ1) is 18.1. The normalized spacial score (nSPS) is 14.4. The molecule has 0 unspecified atom stereocenters. The summed E-state index contributed by atoms with van der Waals surface area (Å²) in [7, 11) is 0. The molecule has 6 heteroatoms. The van der Waals surface area contributed by atoms with Gasteiger partial charge in [-0.05, 0) is 38.0 Å². The van der Waals surface area contributed by atoms with Gasteiger partial charge in [-0.1, -0.05) is 12.1 Å². The summed E-state index contributed by atoms with van der Waals surface area (Å²) in [5, 5.41) is 2.79. The van der Waals surface area contributed by atoms with E-state index in [1.54, 1.807) is 4.90 Å². The Morgan fingerprint density at radius 2 is 1.88 bits per heavy atom. The van der Waals surface area contributed by atoms with Crippen molar-refractivity contribution < 1.29 is 14.3 Å². The van der Waals surface area contributed by atoms with E-state index < -0.39 is 0 Å². The Hall–Kier alpha value is -2.24. The largest absolute Gasteiger partial charge is 0.494 e. The highest BCUT2D eigenvalue weighted by atomic mass is 16.5. The first-order valence-corrected chi connectivity index (χ1v) is 8.60. The van der Waals surface area contributed by atoms with Gasteiger partial charge in [0.1, 0.15) is 5.75 Å². The maximum atomic E-state index is 12.2. The molecule has 1 fully saturated rings. The van der Waals surface area contributed by atoms with Crippen molar-refractivity contribution in [3.8, 4) is 5.75 Å². The number of urea groups is 1. The molecule has 0 spiro atoms. The van der Waals surface area contributed by atoms with E-state index in [2.05, 4.69) is 5.32 Å². The third kappa shape index (κ3) is 5.44. The van der Waals surface area contributed by atoms with Crippen molar-refractivity contribution in [2.45, 2.75) is 26.7 Å². The lowest BCUT2D eigenvalue weighted by atomic mass is 10.2. The predicted molar refractivity (Wildman–Crippen MR) is 93.1 cm³/mol. The average Bonchev–Trinajstić information content (AvgIpc) is 2.59. The minimum atomic E-state index is -0.0452. The van der Waals surface area contributed by atoms with Crippen LogP contribution in [0.2, 0.25) is 0 Å². The second-order valence-electron chi connectivity index (χ2n) is 5.97. The number of hydrogen-bond acceptors (Lipinski definition) is 3. The van der Waals surface area contributed by atoms with E-state index in [9.17, 15) is 9.59 Å². The van der Waals surface area contributed by atoms with Gasteiger partial charge < -0.3 is 19.9 Å². The van der Waals surface area contributed by atoms with Gasteiger partial charge in [-0.2, -0.15) is 0 Å². The molecule has 1 aliphatic heterocycles. The van der Waals surface area contributed by atoms with E-state index in [0.717, 1.165) is 11.3 Å². The van der Waals surface area contributed by atoms with Crippen molar-refractivity contribution in [1.82, 2.24) is 15.1 Å². The van der Waals surface area contributed by atoms with E-state index in [1.165, 1.54) is 0 Å². The first-order chi connectivity index (χ1) is 11.6. The van der Waals surface area contributed by atoms with Gasteiger partial charge in [-0.15, -0.1) is 0 Å². The Balaban J connectivity index is 1.64. The van der Waals surface area contributed by atoms with E-state index in [0.29, 0.717) is 52.2 Å². The minimum Gasteiger partial charge on any atom is -0.494 e. The van der Waals surface area contributed by atoms with Crippen LogP contribution in [0.1, 0.15) is 25.3 Å². The first-order valence-electron chi connectivity index (χ1n) is 8.60. The van der Waals surface area contributed by atoms with Crippen LogP contribution in [0.25, 0.3) is 0 Å². The fourth-order valence-electron chi connectivity index (χ4n) is 2.70. The zero-order chi connectivity index (χ0) is 17.4. The molecule has 3 amide bonds. The summed E-state index contributed by atoms with van der Waals surface area (Å²) in [6, 6.07) is 7.86. The molecular weight excluding hydrogens is 306 g/mol. The summed E-state index contributed by atoms with van der Waals surface area (Å²) in [6.45, 7) is 7.48. The van der Waals surface area contributed by atoms with Gasteiger partial charge in [0.15, 0.2) is 0 Å². The van der Waals surface area contributed by atoms with Crippen LogP contribution in [0.5, 0.6) is 5.75 Å². The number of ether oxygens (including phenoxy) is 1. The van der Waals surface area contributed by atoms with Crippen LogP contribution in [0.4, 0.5) is 4.79 Å². The third-order valence-corrected chi connectivity index (χ3v) is 4.04. The lowest BCUT2D eigenvalue weighted by Crippen LogP contribution is -2.53. The molecule has 1 heterocycles. The summed E-state index contributed by atoms with van der Waals surface area (Å²) >= 11 is 0. The van der Waals surface area contributed by atoms with Crippen LogP contribution in [0.15, 0.2) is 24.3 Å². The van der Waals surface area contributed by atoms with E-state index in [4.69, 9.17) is 4.74 Å². The van der Waals surface area contributed by atoms with Crippen LogP contribution in [-0.4, -0.2) is 61.1 Å². The Morgan fingerprint density at radius 1 is 1.17 bits per heavy atom. The van der Waals surface area contributed by atoms with Crippen molar-refractivity contribution in [2.24, 2.45) is 0 Å². The van der Waals surface area contributed by atoms with Crippen LogP contribution < -0.4 is 10.1 Å². The molecule has 1 aromatic carbocycles. The number of hydrogen-bond donors (Lipinski definition) is 1. The van der Waals surface area contributed by atoms with Gasteiger partial charge in [0.05, 0.1) is 6.61 Å². The molecule has 0 atom stereocenters. The number of nitrogens with zero attached hydrogens (tertiary/aromatic N) is 2. The SMILES string of the molecule is CCNC(=O)N1CCN(C(=O)CCCOc2cccc(C)c2)CC1. The summed E-state index contributed by atoms with van der Waals surface area (Å²) in [4.78, 5) is 27.5. The molecule has 1 aromatic rings. The molecule has 1 aliphatic rings. The summed E-state index contributed by atoms with van der Waals surface area (Å²) < 4.78 is 5.67. The van der Waals surface area contributed by atoms with Crippen molar-refractivity contribution in [3.05, 3.63) is 29.8 Å². The van der Waals surface area contributed by atoms with Crippen molar-refractivity contribution >= 4 is 11.9 Å². The Labute approximate surface area is 143 Å². The minimum absolute atomic E-state index is 0.0452. The van der Waals surface area contributed by atoms with Crippen molar-refractivity contribution in [3.63, 3.8) is 0 Å². The van der Waals surface area contributed by atoms with Gasteiger partial charge in [0.25, 0.3) is 0 Å². The molecule has 132 valence electrons. The van der Waals surface area contributed by atoms with Crippen LogP contribution in [0, 0.1) is 6.92 Å². The molecule has 24 heavy (non-hydrogen) atoms. The maximum Gasteiger partial charge on any atom is 0.317 e. The van der Waals surface area contributed by atoms with Gasteiger partial charge in [-0.3, -0.25) is 4.79 Å². The average molecular weight is 333 g/mol. The number of carbonyl (C=O) groups is 2. The van der Waals surface area contributed by atoms with Gasteiger partial charge >= 0.3 is 6.03 Å². The smallest absolute Gasteiger partial charge is 0.317 e. The van der Waals surface area contributed by atoms with E-state index >= 15 is 0 Å². The summed E-state index contributed by atoms with van der Waals surface area (Å²) in [5.41, 5.74) is 1.16. The molecule has 0 saturated carbocycles. The highest BCUT2D eigenvalue weighted by molar-refractivity contribution is 5.77. The fourth-order valence-corrected chi connectivity index (χ4v) is 2.70. The molecule has 6 nitrogen and oxygen atoms in total. The highest BCUT2D eigenvalue weighted by Crippen LogP contribution is 2.13. The molecule has 0 aliphatic carbocycles. The van der Waals surface area contributed by atoms with Gasteiger partial charge in [-0.25, -0.2) is 4.79 Å². The van der Waals surface area contributed by atoms with Gasteiger partial charge in [0, 0.05) is 39.1 Å². The second-order valence-corrected chi connectivity index (χ2v) is 5.97. The zero-order valence-corrected chi connectivity index (χ0v) is 14.6. The van der Waals surface area contributed by atoms with Crippen LogP contribution in [0.3, 0.4) is 0 Å². The van der Waals surface area contributed by atoms with E-state index in [-0.39, 0.29) is 11.9 Å². The molecule has 0 aromatic heterocycles. The topological polar surface area (TPSA) is 61.9 Å². The predicted octanol–water partition coefficient (Wildman–Crippen LogP) is 2.03. The number of carbonyl (C=O) groups excluding carboxylic acids is 2. The molecule has 0 radical (unpaired) electrons. The number of rotatable bonds is 6. The number of benzene rings is 1. The standard InChI is InChI=1S/C18H27N3O3/c1-3-19-18(23)21-11-9-20(10-12-21)17(22)8-5-13-24-16-7-4-6-15(2)14-16/h4,6-7,14H,3,5,8-13H2,1-2H3,(H,19,23). The zero-order valence-electron chi connectivity index (χ0n) is 14.6.